The molecule has 0 radical (unpaired) electrons. The number of hydrogen-bond acceptors (Lipinski definition) is 9. The first-order chi connectivity index (χ1) is 23.1. The van der Waals surface area contributed by atoms with Crippen molar-refractivity contribution >= 4 is 60.6 Å². The van der Waals surface area contributed by atoms with Crippen LogP contribution >= 0.6 is 0 Å². The van der Waals surface area contributed by atoms with Crippen molar-refractivity contribution in [3.63, 3.8) is 0 Å². The molecule has 0 fully saturated rings. The third-order valence-corrected chi connectivity index (χ3v) is 9.69. The molecule has 0 amide bonds. The Bertz CT molecular complexity index is 2430. The third kappa shape index (κ3) is 4.33. The highest BCUT2D eigenvalue weighted by Crippen LogP contribution is 2.58. The van der Waals surface area contributed by atoms with Gasteiger partial charge < -0.3 is 29.7 Å². The Morgan fingerprint density at radius 1 is 0.771 bits per heavy atom. The topological polar surface area (TPSA) is 131 Å². The summed E-state index contributed by atoms with van der Waals surface area (Å²) in [7, 11) is 4.25. The van der Waals surface area contributed by atoms with Gasteiger partial charge in [0.05, 0.1) is 43.7 Å². The van der Waals surface area contributed by atoms with Crippen LogP contribution in [0.3, 0.4) is 0 Å². The van der Waals surface area contributed by atoms with E-state index in [2.05, 4.69) is 17.4 Å². The highest BCUT2D eigenvalue weighted by atomic mass is 16.5. The lowest BCUT2D eigenvalue weighted by atomic mass is 9.80. The van der Waals surface area contributed by atoms with E-state index in [9.17, 15) is 24.6 Å². The predicted octanol–water partition coefficient (Wildman–Crippen LogP) is 6.86. The van der Waals surface area contributed by atoms with Crippen LogP contribution < -0.4 is 30.4 Å². The fourth-order valence-corrected chi connectivity index (χ4v) is 7.76. The van der Waals surface area contributed by atoms with Crippen LogP contribution in [0.15, 0.2) is 57.6 Å². The second-order valence-electron chi connectivity index (χ2n) is 12.4. The Balaban J connectivity index is 1.65. The first-order valence-corrected chi connectivity index (χ1v) is 15.9. The van der Waals surface area contributed by atoms with E-state index in [1.807, 2.05) is 31.2 Å². The number of hydrogen-bond donors (Lipinski definition) is 3. The molecule has 244 valence electrons. The molecule has 1 atom stereocenters. The normalized spacial score (nSPS) is 14.2. The van der Waals surface area contributed by atoms with Crippen molar-refractivity contribution in [3.8, 4) is 28.7 Å². The van der Waals surface area contributed by atoms with Crippen LogP contribution in [0.2, 0.25) is 0 Å². The predicted molar refractivity (Wildman–Crippen MR) is 189 cm³/mol. The lowest BCUT2D eigenvalue weighted by Gasteiger charge is -2.25. The molecule has 0 saturated carbocycles. The van der Waals surface area contributed by atoms with E-state index in [0.29, 0.717) is 61.2 Å². The van der Waals surface area contributed by atoms with Crippen molar-refractivity contribution < 1.29 is 29.2 Å². The Morgan fingerprint density at radius 3 is 1.96 bits per heavy atom. The zero-order chi connectivity index (χ0) is 34.0. The minimum atomic E-state index is -0.874. The molecule has 0 spiro atoms. The molecule has 9 nitrogen and oxygen atoms in total. The van der Waals surface area contributed by atoms with Crippen molar-refractivity contribution in [1.82, 2.24) is 0 Å². The van der Waals surface area contributed by atoms with Crippen LogP contribution in [0, 0.1) is 0 Å². The van der Waals surface area contributed by atoms with E-state index in [0.717, 1.165) is 19.3 Å². The number of rotatable bonds is 10. The minimum absolute atomic E-state index is 0.00291. The summed E-state index contributed by atoms with van der Waals surface area (Å²) < 4.78 is 17.3. The smallest absolute Gasteiger partial charge is 0.194 e. The second-order valence-corrected chi connectivity index (χ2v) is 12.4. The number of Topliss-reactive ketones (excluding diaryl/α,β-unsaturated/α-hetero) is 1. The molecule has 6 aromatic rings. The van der Waals surface area contributed by atoms with Crippen molar-refractivity contribution in [2.24, 2.45) is 0 Å². The summed E-state index contributed by atoms with van der Waals surface area (Å²) in [6.07, 6.45) is 4.40. The number of aromatic hydroxyl groups is 2. The third-order valence-electron chi connectivity index (χ3n) is 9.69. The SMILES string of the molecule is COc1c(O)c2c(=O)cc(OC)c3c4c(OC)cc(=O)c5c(O)c(NCCCCc6ccccc6)c6c(c(c1C(C(C)=O)C(C)=C6)c23)c54. The molecule has 1 unspecified atom stereocenters. The highest BCUT2D eigenvalue weighted by Gasteiger charge is 2.37. The van der Waals surface area contributed by atoms with E-state index in [4.69, 9.17) is 14.2 Å². The van der Waals surface area contributed by atoms with Crippen LogP contribution in [0.5, 0.6) is 28.7 Å². The van der Waals surface area contributed by atoms with Crippen LogP contribution in [0.25, 0.3) is 49.2 Å². The van der Waals surface area contributed by atoms with Crippen LogP contribution in [0.4, 0.5) is 5.69 Å². The maximum atomic E-state index is 13.9. The zero-order valence-corrected chi connectivity index (χ0v) is 27.4. The van der Waals surface area contributed by atoms with Crippen molar-refractivity contribution in [2.75, 3.05) is 33.2 Å². The standard InChI is InChI=1S/C39H35NO8/c1-18-15-21-27-32-28(37(44)36(21)40-14-10-9-13-20-11-7-6-8-12-20)22(42)16-24(46-3)30(32)31-25(47-4)17-23(43)29-34(31)33(27)35(26(18)19(2)41)39(48-5)38(29)45/h6-8,11-12,15-17,26,40,44-45H,9-10,13-14H2,1-5H3. The summed E-state index contributed by atoms with van der Waals surface area (Å²) >= 11 is 0. The monoisotopic (exact) mass is 645 g/mol. The van der Waals surface area contributed by atoms with Gasteiger partial charge >= 0.3 is 0 Å². The van der Waals surface area contributed by atoms with Gasteiger partial charge in [0.15, 0.2) is 28.1 Å². The lowest BCUT2D eigenvalue weighted by Crippen LogP contribution is -2.14. The molecular weight excluding hydrogens is 610 g/mol. The number of aryl methyl sites for hydroxylation is 1. The molecule has 0 aromatic heterocycles. The number of benzene rings is 6. The Labute approximate surface area is 275 Å². The molecule has 3 N–H and O–H groups in total. The fourth-order valence-electron chi connectivity index (χ4n) is 7.76. The molecule has 1 aliphatic carbocycles. The number of allylic oxidation sites excluding steroid dienone is 1. The summed E-state index contributed by atoms with van der Waals surface area (Å²) in [6, 6.07) is 12.8. The highest BCUT2D eigenvalue weighted by molar-refractivity contribution is 6.40. The van der Waals surface area contributed by atoms with Gasteiger partial charge in [0.1, 0.15) is 17.3 Å². The number of fused-ring (bicyclic) bond motifs is 1. The average molecular weight is 646 g/mol. The molecule has 9 heteroatoms. The van der Waals surface area contributed by atoms with E-state index in [1.54, 1.807) is 0 Å². The maximum Gasteiger partial charge on any atom is 0.194 e. The summed E-state index contributed by atoms with van der Waals surface area (Å²) in [4.78, 5) is 41.2. The van der Waals surface area contributed by atoms with Gasteiger partial charge in [0.2, 0.25) is 0 Å². The van der Waals surface area contributed by atoms with Gasteiger partial charge in [-0.3, -0.25) is 14.4 Å². The first kappa shape index (κ1) is 31.1. The number of phenols is 2. The molecule has 48 heavy (non-hydrogen) atoms. The van der Waals surface area contributed by atoms with E-state index in [1.165, 1.54) is 45.9 Å². The molecule has 7 rings (SSSR count). The largest absolute Gasteiger partial charge is 0.505 e. The summed E-state index contributed by atoms with van der Waals surface area (Å²) in [5, 5.41) is 29.8. The molecule has 1 aliphatic rings. The van der Waals surface area contributed by atoms with Gasteiger partial charge in [-0.05, 0) is 44.1 Å². The van der Waals surface area contributed by atoms with Gasteiger partial charge in [-0.15, -0.1) is 0 Å². The number of ether oxygens (including phenoxy) is 3. The van der Waals surface area contributed by atoms with Crippen molar-refractivity contribution in [1.29, 1.82) is 0 Å². The number of anilines is 1. The number of ketones is 1. The summed E-state index contributed by atoms with van der Waals surface area (Å²) in [6.45, 7) is 3.77. The molecule has 0 saturated heterocycles. The molecule has 0 heterocycles. The van der Waals surface area contributed by atoms with Gasteiger partial charge in [-0.25, -0.2) is 0 Å². The summed E-state index contributed by atoms with van der Waals surface area (Å²) in [5.41, 5.74) is 2.16. The Kier molecular flexibility index (Phi) is 7.50. The van der Waals surface area contributed by atoms with Gasteiger partial charge in [-0.2, -0.15) is 0 Å². The Hall–Kier alpha value is -5.57. The second kappa shape index (κ2) is 11.6. The quantitative estimate of drug-likeness (QED) is 0.0633. The van der Waals surface area contributed by atoms with Gasteiger partial charge in [0, 0.05) is 56.7 Å². The number of nitrogens with one attached hydrogen (secondary N) is 1. The fraction of sp³-hybridized carbons (Fsp3) is 0.256. The Morgan fingerprint density at radius 2 is 1.38 bits per heavy atom. The first-order valence-electron chi connectivity index (χ1n) is 15.9. The van der Waals surface area contributed by atoms with Gasteiger partial charge in [0.25, 0.3) is 0 Å². The number of carbonyl (C=O) groups excluding carboxylic acids is 1. The van der Waals surface area contributed by atoms with Crippen LogP contribution in [0.1, 0.15) is 49.3 Å². The molecular formula is C39H35NO8. The molecule has 0 aliphatic heterocycles. The van der Waals surface area contributed by atoms with E-state index in [-0.39, 0.29) is 39.6 Å². The number of unbranched alkanes of at least 4 members (excludes halogenated alkanes) is 1. The van der Waals surface area contributed by atoms with E-state index < -0.39 is 22.5 Å². The van der Waals surface area contributed by atoms with Crippen LogP contribution in [-0.4, -0.2) is 43.9 Å². The zero-order valence-electron chi connectivity index (χ0n) is 27.4. The van der Waals surface area contributed by atoms with Gasteiger partial charge in [-0.1, -0.05) is 42.0 Å². The maximum absolute atomic E-state index is 13.9. The minimum Gasteiger partial charge on any atom is -0.505 e. The number of carbonyl (C=O) groups is 1. The molecule has 6 aromatic carbocycles. The van der Waals surface area contributed by atoms with Crippen LogP contribution in [-0.2, 0) is 11.2 Å². The lowest BCUT2D eigenvalue weighted by molar-refractivity contribution is -0.117. The van der Waals surface area contributed by atoms with Crippen molar-refractivity contribution in [3.05, 3.63) is 85.2 Å². The van der Waals surface area contributed by atoms with Crippen molar-refractivity contribution in [2.45, 2.75) is 39.0 Å². The van der Waals surface area contributed by atoms with E-state index >= 15 is 0 Å². The summed E-state index contributed by atoms with van der Waals surface area (Å²) in [5.74, 6) is -1.30. The molecule has 0 bridgehead atoms. The number of phenolic OH excluding ortho intramolecular Hbond substituents is 2. The average Bonchev–Trinajstić information content (AvgIpc) is 3.20. The number of methoxy groups -OCH3 is 3.